The van der Waals surface area contributed by atoms with Crippen molar-refractivity contribution in [2.24, 2.45) is 0 Å². The Morgan fingerprint density at radius 2 is 1.96 bits per heavy atom. The van der Waals surface area contributed by atoms with E-state index in [2.05, 4.69) is 21.2 Å². The predicted molar refractivity (Wildman–Crippen MR) is 94.2 cm³/mol. The number of carbonyl (C=O) groups excluding carboxylic acids is 1. The van der Waals surface area contributed by atoms with Gasteiger partial charge in [0.25, 0.3) is 5.91 Å². The fraction of sp³-hybridized carbons (Fsp3) is 0.278. The third-order valence-electron chi connectivity index (χ3n) is 3.44. The second-order valence-electron chi connectivity index (χ2n) is 5.02. The van der Waals surface area contributed by atoms with Crippen LogP contribution in [-0.4, -0.2) is 19.6 Å². The number of carbonyl (C=O) groups is 1. The van der Waals surface area contributed by atoms with Gasteiger partial charge >= 0.3 is 0 Å². The van der Waals surface area contributed by atoms with E-state index in [1.807, 2.05) is 38.1 Å². The van der Waals surface area contributed by atoms with Gasteiger partial charge in [-0.2, -0.15) is 0 Å². The zero-order chi connectivity index (χ0) is 16.8. The SMILES string of the molecule is CCOc1ccc(C(=O)N[C@H](C)c2ccccc2Br)cc1OC. The molecule has 1 N–H and O–H groups in total. The summed E-state index contributed by atoms with van der Waals surface area (Å²) in [7, 11) is 1.56. The minimum absolute atomic E-state index is 0.115. The highest BCUT2D eigenvalue weighted by molar-refractivity contribution is 9.10. The number of amides is 1. The van der Waals surface area contributed by atoms with Crippen molar-refractivity contribution in [3.05, 3.63) is 58.1 Å². The van der Waals surface area contributed by atoms with Crippen LogP contribution in [0.5, 0.6) is 11.5 Å². The maximum atomic E-state index is 12.5. The molecule has 4 nitrogen and oxygen atoms in total. The number of benzene rings is 2. The Labute approximate surface area is 144 Å². The first-order valence-electron chi connectivity index (χ1n) is 7.43. The zero-order valence-electron chi connectivity index (χ0n) is 13.4. The lowest BCUT2D eigenvalue weighted by atomic mass is 10.1. The first-order chi connectivity index (χ1) is 11.1. The highest BCUT2D eigenvalue weighted by Crippen LogP contribution is 2.28. The molecule has 0 aliphatic heterocycles. The van der Waals surface area contributed by atoms with Gasteiger partial charge in [0.1, 0.15) is 0 Å². The lowest BCUT2D eigenvalue weighted by Gasteiger charge is -2.16. The van der Waals surface area contributed by atoms with Crippen molar-refractivity contribution >= 4 is 21.8 Å². The Balaban J connectivity index is 2.16. The molecule has 2 aromatic rings. The van der Waals surface area contributed by atoms with Crippen LogP contribution in [0.25, 0.3) is 0 Å². The normalized spacial score (nSPS) is 11.7. The molecule has 0 bridgehead atoms. The Kier molecular flexibility index (Phi) is 6.04. The summed E-state index contributed by atoms with van der Waals surface area (Å²) in [6.07, 6.45) is 0. The maximum absolute atomic E-state index is 12.5. The maximum Gasteiger partial charge on any atom is 0.251 e. The minimum atomic E-state index is -0.158. The summed E-state index contributed by atoms with van der Waals surface area (Å²) in [5.41, 5.74) is 1.56. The van der Waals surface area contributed by atoms with Crippen LogP contribution < -0.4 is 14.8 Å². The lowest BCUT2D eigenvalue weighted by molar-refractivity contribution is 0.0939. The van der Waals surface area contributed by atoms with E-state index >= 15 is 0 Å². The second kappa shape index (κ2) is 8.02. The summed E-state index contributed by atoms with van der Waals surface area (Å²) in [5, 5.41) is 2.99. The third kappa shape index (κ3) is 4.26. The van der Waals surface area contributed by atoms with Gasteiger partial charge in [-0.05, 0) is 43.7 Å². The number of nitrogens with one attached hydrogen (secondary N) is 1. The molecule has 122 valence electrons. The number of rotatable bonds is 6. The van der Waals surface area contributed by atoms with Crippen LogP contribution in [0.2, 0.25) is 0 Å². The number of methoxy groups -OCH3 is 1. The van der Waals surface area contributed by atoms with Crippen molar-refractivity contribution in [1.29, 1.82) is 0 Å². The molecule has 0 saturated carbocycles. The van der Waals surface area contributed by atoms with E-state index in [-0.39, 0.29) is 11.9 Å². The van der Waals surface area contributed by atoms with Crippen LogP contribution in [-0.2, 0) is 0 Å². The van der Waals surface area contributed by atoms with Gasteiger partial charge in [-0.15, -0.1) is 0 Å². The third-order valence-corrected chi connectivity index (χ3v) is 4.17. The summed E-state index contributed by atoms with van der Waals surface area (Å²) >= 11 is 3.50. The lowest BCUT2D eigenvalue weighted by Crippen LogP contribution is -2.26. The topological polar surface area (TPSA) is 47.6 Å². The molecule has 1 amide bonds. The van der Waals surface area contributed by atoms with Crippen molar-refractivity contribution in [3.8, 4) is 11.5 Å². The van der Waals surface area contributed by atoms with Crippen LogP contribution in [0.3, 0.4) is 0 Å². The van der Waals surface area contributed by atoms with E-state index in [0.717, 1.165) is 10.0 Å². The van der Waals surface area contributed by atoms with Crippen molar-refractivity contribution in [2.45, 2.75) is 19.9 Å². The molecule has 0 aliphatic rings. The molecule has 2 aromatic carbocycles. The predicted octanol–water partition coefficient (Wildman–Crippen LogP) is 4.35. The number of hydrogen-bond acceptors (Lipinski definition) is 3. The Hall–Kier alpha value is -2.01. The highest BCUT2D eigenvalue weighted by Gasteiger charge is 2.15. The van der Waals surface area contributed by atoms with E-state index in [4.69, 9.17) is 9.47 Å². The summed E-state index contributed by atoms with van der Waals surface area (Å²) in [6, 6.07) is 12.9. The number of hydrogen-bond donors (Lipinski definition) is 1. The van der Waals surface area contributed by atoms with Gasteiger partial charge in [0.05, 0.1) is 19.8 Å². The van der Waals surface area contributed by atoms with Crippen molar-refractivity contribution in [1.82, 2.24) is 5.32 Å². The van der Waals surface area contributed by atoms with Crippen LogP contribution in [0.1, 0.15) is 35.8 Å². The molecule has 0 aliphatic carbocycles. The minimum Gasteiger partial charge on any atom is -0.493 e. The fourth-order valence-corrected chi connectivity index (χ4v) is 2.90. The molecule has 0 radical (unpaired) electrons. The van der Waals surface area contributed by atoms with E-state index in [1.54, 1.807) is 25.3 Å². The van der Waals surface area contributed by atoms with Crippen molar-refractivity contribution < 1.29 is 14.3 Å². The van der Waals surface area contributed by atoms with E-state index in [0.29, 0.717) is 23.7 Å². The standard InChI is InChI=1S/C18H20BrNO3/c1-4-23-16-10-9-13(11-17(16)22-3)18(21)20-12(2)14-7-5-6-8-15(14)19/h5-12H,4H2,1-3H3,(H,20,21)/t12-/m1/s1. The van der Waals surface area contributed by atoms with Crippen LogP contribution in [0.4, 0.5) is 0 Å². The Morgan fingerprint density at radius 3 is 2.61 bits per heavy atom. The molecule has 1 atom stereocenters. The van der Waals surface area contributed by atoms with Gasteiger partial charge < -0.3 is 14.8 Å². The molecule has 23 heavy (non-hydrogen) atoms. The van der Waals surface area contributed by atoms with Gasteiger partial charge in [-0.3, -0.25) is 4.79 Å². The van der Waals surface area contributed by atoms with Gasteiger partial charge in [-0.1, -0.05) is 34.1 Å². The first kappa shape index (κ1) is 17.3. The van der Waals surface area contributed by atoms with Crippen molar-refractivity contribution in [2.75, 3.05) is 13.7 Å². The summed E-state index contributed by atoms with van der Waals surface area (Å²) < 4.78 is 11.7. The molecule has 0 fully saturated rings. The van der Waals surface area contributed by atoms with Crippen molar-refractivity contribution in [3.63, 3.8) is 0 Å². The molecule has 0 spiro atoms. The van der Waals surface area contributed by atoms with Gasteiger partial charge in [0, 0.05) is 10.0 Å². The molecule has 2 rings (SSSR count). The van der Waals surface area contributed by atoms with E-state index < -0.39 is 0 Å². The summed E-state index contributed by atoms with van der Waals surface area (Å²) in [4.78, 5) is 12.5. The Morgan fingerprint density at radius 1 is 1.22 bits per heavy atom. The Bertz CT molecular complexity index is 688. The molecule has 5 heteroatoms. The highest BCUT2D eigenvalue weighted by atomic mass is 79.9. The monoisotopic (exact) mass is 377 g/mol. The molecule has 0 saturated heterocycles. The van der Waals surface area contributed by atoms with Crippen LogP contribution in [0, 0.1) is 0 Å². The molecule has 0 heterocycles. The second-order valence-corrected chi connectivity index (χ2v) is 5.87. The first-order valence-corrected chi connectivity index (χ1v) is 8.22. The summed E-state index contributed by atoms with van der Waals surface area (Å²) in [5.74, 6) is 1.02. The number of halogens is 1. The smallest absolute Gasteiger partial charge is 0.251 e. The quantitative estimate of drug-likeness (QED) is 0.813. The molecule has 0 unspecified atom stereocenters. The average molecular weight is 378 g/mol. The van der Waals surface area contributed by atoms with E-state index in [1.165, 1.54) is 0 Å². The molecular formula is C18H20BrNO3. The average Bonchev–Trinajstić information content (AvgIpc) is 2.55. The van der Waals surface area contributed by atoms with Gasteiger partial charge in [-0.25, -0.2) is 0 Å². The summed E-state index contributed by atoms with van der Waals surface area (Å²) in [6.45, 7) is 4.39. The van der Waals surface area contributed by atoms with Crippen LogP contribution >= 0.6 is 15.9 Å². The number of ether oxygens (including phenoxy) is 2. The molecular weight excluding hydrogens is 358 g/mol. The van der Waals surface area contributed by atoms with E-state index in [9.17, 15) is 4.79 Å². The van der Waals surface area contributed by atoms with Gasteiger partial charge in [0.2, 0.25) is 0 Å². The zero-order valence-corrected chi connectivity index (χ0v) is 15.0. The molecule has 0 aromatic heterocycles. The fourth-order valence-electron chi connectivity index (χ4n) is 2.27. The van der Waals surface area contributed by atoms with Crippen LogP contribution in [0.15, 0.2) is 46.9 Å². The van der Waals surface area contributed by atoms with Gasteiger partial charge in [0.15, 0.2) is 11.5 Å². The largest absolute Gasteiger partial charge is 0.493 e.